The molecule has 1 rings (SSSR count). The third-order valence-corrected chi connectivity index (χ3v) is 1.53. The van der Waals surface area contributed by atoms with Gasteiger partial charge in [0, 0.05) is 11.3 Å². The molecule has 1 aliphatic carbocycles. The molecular weight excluding hydrogens is 104 g/mol. The summed E-state index contributed by atoms with van der Waals surface area (Å²) < 4.78 is 0. The zero-order valence-electron chi connectivity index (χ0n) is 4.03. The van der Waals surface area contributed by atoms with E-state index in [4.69, 9.17) is 12.2 Å². The zero-order valence-corrected chi connectivity index (χ0v) is 4.85. The van der Waals surface area contributed by atoms with E-state index in [-0.39, 0.29) is 0 Å². The Balaban J connectivity index is 2.78. The third kappa shape index (κ3) is 0.530. The lowest BCUT2D eigenvalue weighted by Crippen LogP contribution is -2.13. The first-order valence-corrected chi connectivity index (χ1v) is 2.53. The zero-order chi connectivity index (χ0) is 5.44. The van der Waals surface area contributed by atoms with Crippen LogP contribution in [0.3, 0.4) is 0 Å². The van der Waals surface area contributed by atoms with Crippen LogP contribution in [0, 0.1) is 0 Å². The highest BCUT2D eigenvalue weighted by atomic mass is 32.1. The standard InChI is InChI=1S/C6H6S/c1-4-3-6(7)5(4)2/h1-3H2. The summed E-state index contributed by atoms with van der Waals surface area (Å²) in [5, 5.41) is 0. The van der Waals surface area contributed by atoms with Crippen molar-refractivity contribution >= 4 is 17.1 Å². The van der Waals surface area contributed by atoms with Crippen molar-refractivity contribution in [3.8, 4) is 0 Å². The van der Waals surface area contributed by atoms with Crippen LogP contribution in [-0.4, -0.2) is 4.86 Å². The van der Waals surface area contributed by atoms with Crippen LogP contribution in [0.5, 0.6) is 0 Å². The molecule has 0 aliphatic heterocycles. The van der Waals surface area contributed by atoms with Crippen molar-refractivity contribution in [2.45, 2.75) is 6.42 Å². The maximum atomic E-state index is 4.82. The molecular formula is C6H6S. The highest BCUT2D eigenvalue weighted by Gasteiger charge is 2.17. The first kappa shape index (κ1) is 4.72. The van der Waals surface area contributed by atoms with E-state index in [9.17, 15) is 0 Å². The first-order chi connectivity index (χ1) is 3.22. The molecule has 0 bridgehead atoms. The van der Waals surface area contributed by atoms with E-state index < -0.39 is 0 Å². The molecule has 0 radical (unpaired) electrons. The van der Waals surface area contributed by atoms with Gasteiger partial charge in [-0.1, -0.05) is 25.4 Å². The van der Waals surface area contributed by atoms with E-state index in [1.165, 1.54) is 0 Å². The molecule has 0 aromatic rings. The molecule has 0 unspecified atom stereocenters. The third-order valence-electron chi connectivity index (χ3n) is 1.14. The van der Waals surface area contributed by atoms with Gasteiger partial charge in [0.05, 0.1) is 0 Å². The van der Waals surface area contributed by atoms with Crippen molar-refractivity contribution in [3.05, 3.63) is 24.3 Å². The van der Waals surface area contributed by atoms with Crippen LogP contribution >= 0.6 is 12.2 Å². The second kappa shape index (κ2) is 1.27. The largest absolute Gasteiger partial charge is 0.0948 e. The monoisotopic (exact) mass is 110 g/mol. The minimum atomic E-state index is 0.897. The Morgan fingerprint density at radius 1 is 1.43 bits per heavy atom. The number of rotatable bonds is 0. The van der Waals surface area contributed by atoms with Gasteiger partial charge in [-0.15, -0.1) is 0 Å². The fraction of sp³-hybridized carbons (Fsp3) is 0.167. The molecule has 7 heavy (non-hydrogen) atoms. The Kier molecular flexibility index (Phi) is 0.857. The summed E-state index contributed by atoms with van der Waals surface area (Å²) in [6, 6.07) is 0. The Hall–Kier alpha value is -0.430. The molecule has 0 heterocycles. The van der Waals surface area contributed by atoms with Gasteiger partial charge in [0.25, 0.3) is 0 Å². The SMILES string of the molecule is C=C1CC(=S)C1=C. The lowest BCUT2D eigenvalue weighted by atomic mass is 9.88. The summed E-state index contributed by atoms with van der Waals surface area (Å²) in [4.78, 5) is 0.977. The predicted molar refractivity (Wildman–Crippen MR) is 35.5 cm³/mol. The summed E-state index contributed by atoms with van der Waals surface area (Å²) in [6.07, 6.45) is 0.897. The topological polar surface area (TPSA) is 0 Å². The van der Waals surface area contributed by atoms with Crippen LogP contribution in [0.25, 0.3) is 0 Å². The smallest absolute Gasteiger partial charge is 0.0265 e. The van der Waals surface area contributed by atoms with Crippen LogP contribution in [0.2, 0.25) is 0 Å². The Bertz CT molecular complexity index is 138. The van der Waals surface area contributed by atoms with Gasteiger partial charge in [-0.25, -0.2) is 0 Å². The summed E-state index contributed by atoms with van der Waals surface area (Å²) in [6.45, 7) is 7.39. The van der Waals surface area contributed by atoms with Gasteiger partial charge < -0.3 is 0 Å². The van der Waals surface area contributed by atoms with E-state index in [1.54, 1.807) is 0 Å². The summed E-state index contributed by atoms with van der Waals surface area (Å²) in [5.74, 6) is 0. The molecule has 0 aromatic carbocycles. The number of hydrogen-bond acceptors (Lipinski definition) is 1. The van der Waals surface area contributed by atoms with Crippen LogP contribution in [0.4, 0.5) is 0 Å². The molecule has 0 aromatic heterocycles. The van der Waals surface area contributed by atoms with Crippen molar-refractivity contribution < 1.29 is 0 Å². The molecule has 1 fully saturated rings. The number of allylic oxidation sites excluding steroid dienone is 2. The Morgan fingerprint density at radius 2 is 2.00 bits per heavy atom. The minimum Gasteiger partial charge on any atom is -0.0948 e. The van der Waals surface area contributed by atoms with Crippen molar-refractivity contribution in [2.24, 2.45) is 0 Å². The second-order valence-corrected chi connectivity index (χ2v) is 2.17. The summed E-state index contributed by atoms with van der Waals surface area (Å²) in [5.41, 5.74) is 2.08. The Morgan fingerprint density at radius 3 is 2.00 bits per heavy atom. The van der Waals surface area contributed by atoms with Crippen molar-refractivity contribution in [2.75, 3.05) is 0 Å². The van der Waals surface area contributed by atoms with Gasteiger partial charge in [-0.2, -0.15) is 0 Å². The lowest BCUT2D eigenvalue weighted by Gasteiger charge is -2.19. The van der Waals surface area contributed by atoms with Gasteiger partial charge >= 0.3 is 0 Å². The van der Waals surface area contributed by atoms with E-state index in [1.807, 2.05) is 0 Å². The molecule has 36 valence electrons. The molecule has 0 atom stereocenters. The van der Waals surface area contributed by atoms with Crippen molar-refractivity contribution in [1.82, 2.24) is 0 Å². The van der Waals surface area contributed by atoms with Crippen LogP contribution in [0.15, 0.2) is 24.3 Å². The molecule has 0 nitrogen and oxygen atoms in total. The highest BCUT2D eigenvalue weighted by molar-refractivity contribution is 7.81. The van der Waals surface area contributed by atoms with Gasteiger partial charge in [-0.3, -0.25) is 0 Å². The summed E-state index contributed by atoms with van der Waals surface area (Å²) >= 11 is 4.82. The van der Waals surface area contributed by atoms with Crippen molar-refractivity contribution in [3.63, 3.8) is 0 Å². The average Bonchev–Trinajstić information content (AvgIpc) is 1.68. The highest BCUT2D eigenvalue weighted by Crippen LogP contribution is 2.26. The predicted octanol–water partition coefficient (Wildman–Crippen LogP) is 1.87. The van der Waals surface area contributed by atoms with Crippen LogP contribution < -0.4 is 0 Å². The average molecular weight is 110 g/mol. The van der Waals surface area contributed by atoms with Crippen LogP contribution in [0.1, 0.15) is 6.42 Å². The molecule has 1 saturated carbocycles. The van der Waals surface area contributed by atoms with Crippen molar-refractivity contribution in [1.29, 1.82) is 0 Å². The minimum absolute atomic E-state index is 0.897. The lowest BCUT2D eigenvalue weighted by molar-refractivity contribution is 1.27. The molecule has 1 heteroatoms. The second-order valence-electron chi connectivity index (χ2n) is 1.68. The number of hydrogen-bond donors (Lipinski definition) is 0. The fourth-order valence-corrected chi connectivity index (χ4v) is 0.816. The molecule has 0 saturated heterocycles. The van der Waals surface area contributed by atoms with Gasteiger partial charge in [-0.05, 0) is 11.1 Å². The first-order valence-electron chi connectivity index (χ1n) is 2.12. The number of thiocarbonyl (C=S) groups is 1. The van der Waals surface area contributed by atoms with E-state index in [2.05, 4.69) is 13.2 Å². The van der Waals surface area contributed by atoms with E-state index in [0.717, 1.165) is 22.4 Å². The van der Waals surface area contributed by atoms with E-state index >= 15 is 0 Å². The molecule has 0 spiro atoms. The van der Waals surface area contributed by atoms with Gasteiger partial charge in [0.2, 0.25) is 0 Å². The molecule has 1 aliphatic rings. The maximum Gasteiger partial charge on any atom is 0.0265 e. The van der Waals surface area contributed by atoms with Gasteiger partial charge in [0.1, 0.15) is 0 Å². The maximum absolute atomic E-state index is 4.82. The fourth-order valence-electron chi connectivity index (χ4n) is 0.498. The van der Waals surface area contributed by atoms with Crippen LogP contribution in [-0.2, 0) is 0 Å². The quantitative estimate of drug-likeness (QED) is 0.339. The normalized spacial score (nSPS) is 19.7. The van der Waals surface area contributed by atoms with Gasteiger partial charge in [0.15, 0.2) is 0 Å². The Labute approximate surface area is 48.5 Å². The van der Waals surface area contributed by atoms with E-state index in [0.29, 0.717) is 0 Å². The molecule has 0 N–H and O–H groups in total. The summed E-state index contributed by atoms with van der Waals surface area (Å²) in [7, 11) is 0. The molecule has 0 amide bonds.